The van der Waals surface area contributed by atoms with E-state index in [2.05, 4.69) is 16.8 Å². The van der Waals surface area contributed by atoms with Gasteiger partial charge >= 0.3 is 0 Å². The smallest absolute Gasteiger partial charge is 0.169 e. The first-order chi connectivity index (χ1) is 11.1. The zero-order valence-corrected chi connectivity index (χ0v) is 12.3. The summed E-state index contributed by atoms with van der Waals surface area (Å²) in [5.41, 5.74) is 0.00934. The highest BCUT2D eigenvalue weighted by Crippen LogP contribution is 2.43. The molecule has 4 rings (SSSR count). The molecule has 1 aliphatic heterocycles. The number of hydrogen-bond acceptors (Lipinski definition) is 3. The van der Waals surface area contributed by atoms with Crippen molar-refractivity contribution in [2.75, 3.05) is 0 Å². The summed E-state index contributed by atoms with van der Waals surface area (Å²) in [6.07, 6.45) is 5.62. The first-order valence-electron chi connectivity index (χ1n) is 7.57. The lowest BCUT2D eigenvalue weighted by Crippen LogP contribution is -2.20. The lowest BCUT2D eigenvalue weighted by atomic mass is 9.93. The number of benzene rings is 1. The molecule has 1 aliphatic carbocycles. The Balaban J connectivity index is 1.75. The van der Waals surface area contributed by atoms with Gasteiger partial charge in [-0.25, -0.2) is 9.37 Å². The third-order valence-corrected chi connectivity index (χ3v) is 4.46. The van der Waals surface area contributed by atoms with Crippen LogP contribution < -0.4 is 0 Å². The molecule has 1 N–H and O–H groups in total. The second-order valence-electron chi connectivity index (χ2n) is 6.16. The van der Waals surface area contributed by atoms with Crippen LogP contribution in [-0.2, 0) is 5.60 Å². The predicted octanol–water partition coefficient (Wildman–Crippen LogP) is 2.49. The van der Waals surface area contributed by atoms with E-state index in [1.54, 1.807) is 29.2 Å². The Morgan fingerprint density at radius 3 is 2.91 bits per heavy atom. The quantitative estimate of drug-likeness (QED) is 0.823. The van der Waals surface area contributed by atoms with Crippen LogP contribution in [0.5, 0.6) is 0 Å². The van der Waals surface area contributed by atoms with Gasteiger partial charge in [-0.3, -0.25) is 0 Å². The van der Waals surface area contributed by atoms with E-state index in [4.69, 9.17) is 5.26 Å². The van der Waals surface area contributed by atoms with Crippen LogP contribution in [0.25, 0.3) is 0 Å². The van der Waals surface area contributed by atoms with Crippen LogP contribution in [0.2, 0.25) is 0 Å². The van der Waals surface area contributed by atoms with Gasteiger partial charge in [0.2, 0.25) is 0 Å². The van der Waals surface area contributed by atoms with Crippen LogP contribution in [0.15, 0.2) is 30.7 Å². The van der Waals surface area contributed by atoms with Gasteiger partial charge in [0.15, 0.2) is 5.60 Å². The summed E-state index contributed by atoms with van der Waals surface area (Å²) in [5, 5.41) is 19.8. The number of nitrogens with zero attached hydrogens (tertiary/aromatic N) is 3. The van der Waals surface area contributed by atoms with Crippen LogP contribution in [-0.4, -0.2) is 14.7 Å². The highest BCUT2D eigenvalue weighted by atomic mass is 19.1. The molecule has 2 heterocycles. The van der Waals surface area contributed by atoms with Crippen LogP contribution in [0.4, 0.5) is 4.39 Å². The molecule has 4 nitrogen and oxygen atoms in total. The Hall–Kier alpha value is -2.63. The molecule has 0 radical (unpaired) electrons. The molecule has 0 saturated heterocycles. The Bertz CT molecular complexity index is 882. The van der Waals surface area contributed by atoms with Gasteiger partial charge in [-0.05, 0) is 25.0 Å². The largest absolute Gasteiger partial charge is 0.372 e. The molecule has 0 bridgehead atoms. The standard InChI is InChI=1S/C18H14FN3O/c19-15-7-13(9-20)3-4-14(15)16-8-18(23,6-5-12-1-2-12)17-10-21-11-22(16)17/h3-4,7,10-12,16,23H,1-2,8H2/t16-,18-/m1/s1. The molecule has 2 aromatic rings. The first-order valence-corrected chi connectivity index (χ1v) is 7.57. The van der Waals surface area contributed by atoms with Gasteiger partial charge in [0, 0.05) is 17.9 Å². The fraction of sp³-hybridized carbons (Fsp3) is 0.333. The summed E-state index contributed by atoms with van der Waals surface area (Å²) < 4.78 is 16.1. The van der Waals surface area contributed by atoms with E-state index in [9.17, 15) is 9.50 Å². The summed E-state index contributed by atoms with van der Waals surface area (Å²) in [7, 11) is 0. The van der Waals surface area contributed by atoms with Gasteiger partial charge in [0.1, 0.15) is 5.82 Å². The third kappa shape index (κ3) is 2.30. The van der Waals surface area contributed by atoms with Crippen molar-refractivity contribution in [3.05, 3.63) is 53.4 Å². The number of fused-ring (bicyclic) bond motifs is 1. The molecular formula is C18H14FN3O. The lowest BCUT2D eigenvalue weighted by molar-refractivity contribution is 0.0984. The fourth-order valence-corrected chi connectivity index (χ4v) is 3.05. The van der Waals surface area contributed by atoms with Crippen molar-refractivity contribution in [2.45, 2.75) is 30.9 Å². The van der Waals surface area contributed by atoms with Gasteiger partial charge in [-0.1, -0.05) is 17.9 Å². The second kappa shape index (κ2) is 4.94. The van der Waals surface area contributed by atoms with E-state index in [-0.39, 0.29) is 18.0 Å². The average Bonchev–Trinajstić information content (AvgIpc) is 3.16. The minimum Gasteiger partial charge on any atom is -0.372 e. The van der Waals surface area contributed by atoms with Crippen LogP contribution >= 0.6 is 0 Å². The van der Waals surface area contributed by atoms with Crippen molar-refractivity contribution in [1.82, 2.24) is 9.55 Å². The summed E-state index contributed by atoms with van der Waals surface area (Å²) in [4.78, 5) is 4.08. The Labute approximate surface area is 133 Å². The fourth-order valence-electron chi connectivity index (χ4n) is 3.05. The Morgan fingerprint density at radius 2 is 2.22 bits per heavy atom. The van der Waals surface area contributed by atoms with Gasteiger partial charge in [-0.2, -0.15) is 5.26 Å². The van der Waals surface area contributed by atoms with Crippen molar-refractivity contribution < 1.29 is 9.50 Å². The summed E-state index contributed by atoms with van der Waals surface area (Å²) >= 11 is 0. The highest BCUT2D eigenvalue weighted by Gasteiger charge is 2.43. The number of rotatable bonds is 1. The number of nitriles is 1. The number of aromatic nitrogens is 2. The molecule has 2 atom stereocenters. The van der Waals surface area contributed by atoms with Gasteiger partial charge in [0.05, 0.1) is 35.9 Å². The molecule has 114 valence electrons. The van der Waals surface area contributed by atoms with Crippen molar-refractivity contribution in [3.8, 4) is 17.9 Å². The number of imidazole rings is 1. The lowest BCUT2D eigenvalue weighted by Gasteiger charge is -2.16. The minimum atomic E-state index is -1.30. The number of hydrogen-bond donors (Lipinski definition) is 1. The van der Waals surface area contributed by atoms with E-state index >= 15 is 0 Å². The van der Waals surface area contributed by atoms with E-state index in [1.165, 1.54) is 6.07 Å². The highest BCUT2D eigenvalue weighted by molar-refractivity contribution is 5.39. The summed E-state index contributed by atoms with van der Waals surface area (Å²) in [6.45, 7) is 0. The molecule has 1 saturated carbocycles. The average molecular weight is 307 g/mol. The van der Waals surface area contributed by atoms with Crippen molar-refractivity contribution in [3.63, 3.8) is 0 Å². The maximum atomic E-state index is 14.4. The second-order valence-corrected chi connectivity index (χ2v) is 6.16. The zero-order chi connectivity index (χ0) is 16.0. The van der Waals surface area contributed by atoms with Crippen LogP contribution in [0.3, 0.4) is 0 Å². The van der Waals surface area contributed by atoms with Gasteiger partial charge < -0.3 is 9.67 Å². The summed E-state index contributed by atoms with van der Waals surface area (Å²) in [6, 6.07) is 5.96. The molecule has 23 heavy (non-hydrogen) atoms. The monoisotopic (exact) mass is 307 g/mol. The topological polar surface area (TPSA) is 61.8 Å². The molecule has 2 aliphatic rings. The van der Waals surface area contributed by atoms with Crippen molar-refractivity contribution >= 4 is 0 Å². The van der Waals surface area contributed by atoms with Gasteiger partial charge in [-0.15, -0.1) is 0 Å². The van der Waals surface area contributed by atoms with Crippen molar-refractivity contribution in [2.24, 2.45) is 5.92 Å². The Kier molecular flexibility index (Phi) is 3.01. The van der Waals surface area contributed by atoms with E-state index in [1.807, 2.05) is 6.07 Å². The van der Waals surface area contributed by atoms with Gasteiger partial charge in [0.25, 0.3) is 0 Å². The maximum absolute atomic E-state index is 14.4. The first kappa shape index (κ1) is 14.0. The molecule has 0 unspecified atom stereocenters. The molecule has 1 fully saturated rings. The maximum Gasteiger partial charge on any atom is 0.169 e. The molecule has 5 heteroatoms. The zero-order valence-electron chi connectivity index (χ0n) is 12.3. The van der Waals surface area contributed by atoms with Crippen LogP contribution in [0.1, 0.15) is 42.1 Å². The van der Waals surface area contributed by atoms with Crippen LogP contribution in [0, 0.1) is 34.9 Å². The Morgan fingerprint density at radius 1 is 1.39 bits per heavy atom. The normalized spacial score (nSPS) is 25.3. The SMILES string of the molecule is N#Cc1ccc([C@H]2C[C@](O)(C#CC3CC3)c3cncn32)c(F)c1. The van der Waals surface area contributed by atoms with E-state index in [0.29, 0.717) is 17.2 Å². The number of aliphatic hydroxyl groups is 1. The molecule has 0 amide bonds. The molecule has 1 aromatic heterocycles. The minimum absolute atomic E-state index is 0.277. The predicted molar refractivity (Wildman–Crippen MR) is 80.5 cm³/mol. The van der Waals surface area contributed by atoms with E-state index < -0.39 is 11.4 Å². The summed E-state index contributed by atoms with van der Waals surface area (Å²) in [5.74, 6) is 6.00. The van der Waals surface area contributed by atoms with Crippen molar-refractivity contribution in [1.29, 1.82) is 5.26 Å². The molecular weight excluding hydrogens is 293 g/mol. The third-order valence-electron chi connectivity index (χ3n) is 4.46. The number of halogens is 1. The molecule has 1 aromatic carbocycles. The molecule has 0 spiro atoms. The van der Waals surface area contributed by atoms with E-state index in [0.717, 1.165) is 12.8 Å².